The lowest BCUT2D eigenvalue weighted by atomic mass is 10.0. The van der Waals surface area contributed by atoms with Crippen LogP contribution in [0.3, 0.4) is 0 Å². The van der Waals surface area contributed by atoms with E-state index in [1.165, 1.54) is 37.9 Å². The molecule has 0 aromatic heterocycles. The van der Waals surface area contributed by atoms with Crippen LogP contribution in [0.1, 0.15) is 31.7 Å². The van der Waals surface area contributed by atoms with Crippen LogP contribution in [0.2, 0.25) is 0 Å². The Morgan fingerprint density at radius 3 is 2.50 bits per heavy atom. The third-order valence-electron chi connectivity index (χ3n) is 3.59. The quantitative estimate of drug-likeness (QED) is 0.896. The lowest BCUT2D eigenvalue weighted by Gasteiger charge is -2.32. The number of hydrogen-bond donors (Lipinski definition) is 1. The first-order valence-corrected chi connectivity index (χ1v) is 7.77. The smallest absolute Gasteiger partial charge is 0.0233 e. The van der Waals surface area contributed by atoms with E-state index < -0.39 is 0 Å². The molecule has 0 bridgehead atoms. The van der Waals surface area contributed by atoms with Crippen molar-refractivity contribution in [3.8, 4) is 0 Å². The maximum Gasteiger partial charge on any atom is 0.0233 e. The zero-order chi connectivity index (χ0) is 12.8. The molecule has 100 valence electrons. The Morgan fingerprint density at radius 1 is 1.22 bits per heavy atom. The van der Waals surface area contributed by atoms with Crippen molar-refractivity contribution in [2.45, 2.75) is 38.8 Å². The van der Waals surface area contributed by atoms with Gasteiger partial charge in [-0.25, -0.2) is 0 Å². The van der Waals surface area contributed by atoms with Crippen molar-refractivity contribution in [2.75, 3.05) is 19.6 Å². The van der Waals surface area contributed by atoms with Gasteiger partial charge in [-0.3, -0.25) is 4.90 Å². The molecule has 1 heterocycles. The topological polar surface area (TPSA) is 15.3 Å². The van der Waals surface area contributed by atoms with Crippen molar-refractivity contribution in [1.82, 2.24) is 10.2 Å². The van der Waals surface area contributed by atoms with Gasteiger partial charge >= 0.3 is 0 Å². The van der Waals surface area contributed by atoms with Gasteiger partial charge in [-0.2, -0.15) is 0 Å². The highest BCUT2D eigenvalue weighted by atomic mass is 79.9. The Morgan fingerprint density at radius 2 is 1.89 bits per heavy atom. The lowest BCUT2D eigenvalue weighted by Crippen LogP contribution is -2.42. The van der Waals surface area contributed by atoms with Gasteiger partial charge in [0.1, 0.15) is 0 Å². The average Bonchev–Trinajstić information content (AvgIpc) is 2.41. The first-order chi connectivity index (χ1) is 8.78. The fraction of sp³-hybridized carbons (Fsp3) is 0.600. The highest BCUT2D eigenvalue weighted by molar-refractivity contribution is 9.10. The molecule has 0 spiro atoms. The Labute approximate surface area is 119 Å². The van der Waals surface area contributed by atoms with Crippen LogP contribution in [0.15, 0.2) is 28.7 Å². The van der Waals surface area contributed by atoms with E-state index in [-0.39, 0.29) is 0 Å². The fourth-order valence-corrected chi connectivity index (χ4v) is 2.76. The molecule has 3 heteroatoms. The maximum atomic E-state index is 3.63. The Balaban J connectivity index is 1.74. The predicted octanol–water partition coefficient (Wildman–Crippen LogP) is 3.41. The van der Waals surface area contributed by atoms with Crippen LogP contribution in [-0.4, -0.2) is 30.6 Å². The third-order valence-corrected chi connectivity index (χ3v) is 4.12. The maximum absolute atomic E-state index is 3.63. The van der Waals surface area contributed by atoms with Gasteiger partial charge in [0, 0.05) is 17.1 Å². The van der Waals surface area contributed by atoms with Gasteiger partial charge in [-0.05, 0) is 56.6 Å². The summed E-state index contributed by atoms with van der Waals surface area (Å²) in [6, 6.07) is 9.43. The van der Waals surface area contributed by atoms with Gasteiger partial charge in [-0.15, -0.1) is 0 Å². The molecule has 0 saturated carbocycles. The number of rotatable bonds is 5. The van der Waals surface area contributed by atoms with E-state index in [0.717, 1.165) is 23.6 Å². The summed E-state index contributed by atoms with van der Waals surface area (Å²) in [4.78, 5) is 2.56. The molecule has 1 aromatic carbocycles. The van der Waals surface area contributed by atoms with E-state index in [0.29, 0.717) is 0 Å². The Bertz CT molecular complexity index is 342. The van der Waals surface area contributed by atoms with E-state index in [2.05, 4.69) is 57.3 Å². The molecular formula is C15H23BrN2. The van der Waals surface area contributed by atoms with Gasteiger partial charge in [0.2, 0.25) is 0 Å². The fourth-order valence-electron chi connectivity index (χ4n) is 2.49. The standard InChI is InChI=1S/C15H23BrN2/c1-2-9-17-15-7-10-18(11-8-15)12-13-3-5-14(16)6-4-13/h3-6,15,17H,2,7-12H2,1H3. The van der Waals surface area contributed by atoms with Crippen molar-refractivity contribution in [1.29, 1.82) is 0 Å². The van der Waals surface area contributed by atoms with Crippen LogP contribution in [0.4, 0.5) is 0 Å². The van der Waals surface area contributed by atoms with E-state index >= 15 is 0 Å². The van der Waals surface area contributed by atoms with Crippen LogP contribution >= 0.6 is 15.9 Å². The minimum Gasteiger partial charge on any atom is -0.314 e. The predicted molar refractivity (Wildman–Crippen MR) is 80.7 cm³/mol. The molecule has 1 aromatic rings. The normalized spacial score (nSPS) is 18.1. The summed E-state index contributed by atoms with van der Waals surface area (Å²) in [6.45, 7) is 6.93. The van der Waals surface area contributed by atoms with E-state index in [4.69, 9.17) is 0 Å². The van der Waals surface area contributed by atoms with Crippen molar-refractivity contribution >= 4 is 15.9 Å². The SMILES string of the molecule is CCCNC1CCN(Cc2ccc(Br)cc2)CC1. The highest BCUT2D eigenvalue weighted by Crippen LogP contribution is 2.16. The molecule has 1 saturated heterocycles. The van der Waals surface area contributed by atoms with Gasteiger partial charge in [0.25, 0.3) is 0 Å². The number of benzene rings is 1. The van der Waals surface area contributed by atoms with E-state index in [1.807, 2.05) is 0 Å². The van der Waals surface area contributed by atoms with Crippen molar-refractivity contribution in [2.24, 2.45) is 0 Å². The van der Waals surface area contributed by atoms with Gasteiger partial charge in [-0.1, -0.05) is 35.0 Å². The zero-order valence-corrected chi connectivity index (χ0v) is 12.7. The molecule has 0 aliphatic carbocycles. The molecule has 2 rings (SSSR count). The number of hydrogen-bond acceptors (Lipinski definition) is 2. The van der Waals surface area contributed by atoms with Gasteiger partial charge in [0.05, 0.1) is 0 Å². The van der Waals surface area contributed by atoms with Crippen LogP contribution in [0, 0.1) is 0 Å². The van der Waals surface area contributed by atoms with Crippen molar-refractivity contribution in [3.63, 3.8) is 0 Å². The molecule has 1 aliphatic heterocycles. The monoisotopic (exact) mass is 310 g/mol. The molecular weight excluding hydrogens is 288 g/mol. The molecule has 0 unspecified atom stereocenters. The number of likely N-dealkylation sites (tertiary alicyclic amines) is 1. The van der Waals surface area contributed by atoms with Gasteiger partial charge in [0.15, 0.2) is 0 Å². The van der Waals surface area contributed by atoms with Crippen LogP contribution in [0.25, 0.3) is 0 Å². The molecule has 1 fully saturated rings. The number of piperidine rings is 1. The first-order valence-electron chi connectivity index (χ1n) is 6.98. The molecule has 1 N–H and O–H groups in total. The molecule has 0 atom stereocenters. The second-order valence-electron chi connectivity index (χ2n) is 5.13. The van der Waals surface area contributed by atoms with Crippen molar-refractivity contribution in [3.05, 3.63) is 34.3 Å². The van der Waals surface area contributed by atoms with E-state index in [9.17, 15) is 0 Å². The molecule has 0 amide bonds. The molecule has 18 heavy (non-hydrogen) atoms. The molecule has 1 aliphatic rings. The minimum absolute atomic E-state index is 0.742. The molecule has 2 nitrogen and oxygen atoms in total. The molecule has 0 radical (unpaired) electrons. The van der Waals surface area contributed by atoms with Gasteiger partial charge < -0.3 is 5.32 Å². The number of halogens is 1. The first kappa shape index (κ1) is 14.0. The second-order valence-corrected chi connectivity index (χ2v) is 6.05. The Kier molecular flexibility index (Phi) is 5.67. The van der Waals surface area contributed by atoms with Crippen LogP contribution < -0.4 is 5.32 Å². The highest BCUT2D eigenvalue weighted by Gasteiger charge is 2.18. The third kappa shape index (κ3) is 4.38. The lowest BCUT2D eigenvalue weighted by molar-refractivity contribution is 0.191. The Hall–Kier alpha value is -0.380. The number of nitrogens with zero attached hydrogens (tertiary/aromatic N) is 1. The summed E-state index contributed by atoms with van der Waals surface area (Å²) >= 11 is 3.48. The summed E-state index contributed by atoms with van der Waals surface area (Å²) in [5.41, 5.74) is 1.41. The summed E-state index contributed by atoms with van der Waals surface area (Å²) in [5.74, 6) is 0. The number of nitrogens with one attached hydrogen (secondary N) is 1. The van der Waals surface area contributed by atoms with Crippen LogP contribution in [0.5, 0.6) is 0 Å². The van der Waals surface area contributed by atoms with Crippen LogP contribution in [-0.2, 0) is 6.54 Å². The van der Waals surface area contributed by atoms with E-state index in [1.54, 1.807) is 0 Å². The zero-order valence-electron chi connectivity index (χ0n) is 11.2. The average molecular weight is 311 g/mol. The summed E-state index contributed by atoms with van der Waals surface area (Å²) in [5, 5.41) is 3.63. The largest absolute Gasteiger partial charge is 0.314 e. The summed E-state index contributed by atoms with van der Waals surface area (Å²) in [6.07, 6.45) is 3.81. The second kappa shape index (κ2) is 7.27. The van der Waals surface area contributed by atoms with Crippen molar-refractivity contribution < 1.29 is 0 Å². The minimum atomic E-state index is 0.742. The summed E-state index contributed by atoms with van der Waals surface area (Å²) < 4.78 is 1.16. The summed E-state index contributed by atoms with van der Waals surface area (Å²) in [7, 11) is 0.